The van der Waals surface area contributed by atoms with Gasteiger partial charge >= 0.3 is 0 Å². The highest BCUT2D eigenvalue weighted by Gasteiger charge is 2.28. The molecule has 1 N–H and O–H groups in total. The second kappa shape index (κ2) is 8.67. The monoisotopic (exact) mass is 481 g/mol. The minimum atomic E-state index is -3.70. The first kappa shape index (κ1) is 22.3. The number of aromatic nitrogens is 4. The number of ether oxygens (including phenoxy) is 2. The van der Waals surface area contributed by atoms with Crippen LogP contribution in [0.25, 0.3) is 33.7 Å². The minimum absolute atomic E-state index is 0.102. The Balaban J connectivity index is 1.60. The highest BCUT2D eigenvalue weighted by atomic mass is 32.2. The number of morpholine rings is 1. The zero-order valence-electron chi connectivity index (χ0n) is 18.7. The van der Waals surface area contributed by atoms with E-state index in [-0.39, 0.29) is 22.0 Å². The van der Waals surface area contributed by atoms with Crippen molar-refractivity contribution in [1.29, 1.82) is 0 Å². The highest BCUT2D eigenvalue weighted by Crippen LogP contribution is 2.32. The summed E-state index contributed by atoms with van der Waals surface area (Å²) >= 11 is 0. The molecule has 11 heteroatoms. The van der Waals surface area contributed by atoms with Gasteiger partial charge in [-0.2, -0.15) is 9.40 Å². The van der Waals surface area contributed by atoms with Gasteiger partial charge in [-0.25, -0.2) is 18.1 Å². The van der Waals surface area contributed by atoms with Crippen LogP contribution in [-0.2, 0) is 21.8 Å². The van der Waals surface area contributed by atoms with Gasteiger partial charge in [-0.3, -0.25) is 4.79 Å². The second-order valence-corrected chi connectivity index (χ2v) is 9.77. The van der Waals surface area contributed by atoms with Crippen molar-refractivity contribution in [2.24, 2.45) is 7.05 Å². The van der Waals surface area contributed by atoms with E-state index in [1.165, 1.54) is 23.5 Å². The van der Waals surface area contributed by atoms with Crippen molar-refractivity contribution in [1.82, 2.24) is 24.1 Å². The number of sulfonamides is 1. The van der Waals surface area contributed by atoms with Crippen molar-refractivity contribution in [2.75, 3.05) is 33.4 Å². The third kappa shape index (κ3) is 3.77. The third-order valence-corrected chi connectivity index (χ3v) is 7.67. The van der Waals surface area contributed by atoms with Crippen molar-refractivity contribution in [3.63, 3.8) is 0 Å². The number of H-pyrrole nitrogens is 1. The molecule has 1 aliphatic rings. The molecule has 1 aliphatic heterocycles. The molecule has 10 nitrogen and oxygen atoms in total. The van der Waals surface area contributed by atoms with Gasteiger partial charge in [0.25, 0.3) is 5.56 Å². The third-order valence-electron chi connectivity index (χ3n) is 5.78. The van der Waals surface area contributed by atoms with Crippen LogP contribution in [0.5, 0.6) is 5.75 Å². The predicted octanol–water partition coefficient (Wildman–Crippen LogP) is 2.02. The number of methoxy groups -OCH3 is 1. The quantitative estimate of drug-likeness (QED) is 0.463. The van der Waals surface area contributed by atoms with Crippen LogP contribution in [0.2, 0.25) is 0 Å². The molecule has 3 heterocycles. The van der Waals surface area contributed by atoms with Crippen molar-refractivity contribution < 1.29 is 17.9 Å². The van der Waals surface area contributed by atoms with Crippen molar-refractivity contribution in [2.45, 2.75) is 4.90 Å². The van der Waals surface area contributed by atoms with Gasteiger partial charge in [-0.15, -0.1) is 0 Å². The number of hydrogen-bond acceptors (Lipinski definition) is 7. The SMILES string of the molecule is COc1cc(S(=O)(=O)N2CCOCC2)ccc1-c1nc2c(c(-c3ccccc3)nn2C)c(=O)[nH]1. The van der Waals surface area contributed by atoms with Gasteiger partial charge in [0.15, 0.2) is 5.65 Å². The van der Waals surface area contributed by atoms with E-state index >= 15 is 0 Å². The molecule has 5 rings (SSSR count). The molecule has 4 aromatic rings. The summed E-state index contributed by atoms with van der Waals surface area (Å²) in [4.78, 5) is 20.7. The maximum Gasteiger partial charge on any atom is 0.262 e. The summed E-state index contributed by atoms with van der Waals surface area (Å²) in [5.41, 5.74) is 1.87. The molecule has 176 valence electrons. The van der Waals surface area contributed by atoms with Gasteiger partial charge in [-0.1, -0.05) is 30.3 Å². The van der Waals surface area contributed by atoms with Crippen LogP contribution in [-0.4, -0.2) is 65.9 Å². The maximum atomic E-state index is 13.1. The van der Waals surface area contributed by atoms with Gasteiger partial charge < -0.3 is 14.5 Å². The number of fused-ring (bicyclic) bond motifs is 1. The summed E-state index contributed by atoms with van der Waals surface area (Å²) in [6.07, 6.45) is 0. The molecule has 1 fully saturated rings. The summed E-state index contributed by atoms with van der Waals surface area (Å²) in [5, 5.41) is 4.88. The Morgan fingerprint density at radius 3 is 2.53 bits per heavy atom. The van der Waals surface area contributed by atoms with Crippen LogP contribution in [0.3, 0.4) is 0 Å². The highest BCUT2D eigenvalue weighted by molar-refractivity contribution is 7.89. The van der Waals surface area contributed by atoms with Gasteiger partial charge in [0, 0.05) is 31.8 Å². The lowest BCUT2D eigenvalue weighted by molar-refractivity contribution is 0.0730. The van der Waals surface area contributed by atoms with E-state index < -0.39 is 10.0 Å². The Kier molecular flexibility index (Phi) is 5.68. The van der Waals surface area contributed by atoms with E-state index in [1.54, 1.807) is 17.8 Å². The largest absolute Gasteiger partial charge is 0.496 e. The zero-order valence-corrected chi connectivity index (χ0v) is 19.5. The molecule has 0 atom stereocenters. The molecule has 0 unspecified atom stereocenters. The second-order valence-electron chi connectivity index (χ2n) is 7.83. The number of nitrogens with one attached hydrogen (secondary N) is 1. The number of hydrogen-bond donors (Lipinski definition) is 1. The Morgan fingerprint density at radius 2 is 1.82 bits per heavy atom. The fourth-order valence-corrected chi connectivity index (χ4v) is 5.47. The molecule has 0 radical (unpaired) electrons. The Hall–Kier alpha value is -3.54. The lowest BCUT2D eigenvalue weighted by Gasteiger charge is -2.26. The number of rotatable bonds is 5. The summed E-state index contributed by atoms with van der Waals surface area (Å²) in [6, 6.07) is 13.9. The Labute approximate surface area is 195 Å². The summed E-state index contributed by atoms with van der Waals surface area (Å²) in [6.45, 7) is 1.30. The molecule has 0 spiro atoms. The zero-order chi connectivity index (χ0) is 23.9. The van der Waals surface area contributed by atoms with Crippen LogP contribution in [0.4, 0.5) is 0 Å². The normalized spacial score (nSPS) is 15.0. The van der Waals surface area contributed by atoms with Crippen molar-refractivity contribution >= 4 is 21.1 Å². The lowest BCUT2D eigenvalue weighted by Crippen LogP contribution is -2.40. The predicted molar refractivity (Wildman–Crippen MR) is 126 cm³/mol. The van der Waals surface area contributed by atoms with E-state index in [1.807, 2.05) is 30.3 Å². The Bertz CT molecular complexity index is 1520. The number of benzene rings is 2. The van der Waals surface area contributed by atoms with Crippen LogP contribution >= 0.6 is 0 Å². The number of aryl methyl sites for hydroxylation is 1. The molecule has 1 saturated heterocycles. The average Bonchev–Trinajstić information content (AvgIpc) is 3.21. The van der Waals surface area contributed by atoms with E-state index in [0.717, 1.165) is 5.56 Å². The molecule has 0 aliphatic carbocycles. The van der Waals surface area contributed by atoms with Gasteiger partial charge in [0.05, 0.1) is 30.8 Å². The molecule has 2 aromatic carbocycles. The first-order valence-corrected chi connectivity index (χ1v) is 12.1. The molecule has 2 aromatic heterocycles. The van der Waals surface area contributed by atoms with Crippen molar-refractivity contribution in [3.05, 3.63) is 58.9 Å². The van der Waals surface area contributed by atoms with Crippen molar-refractivity contribution in [3.8, 4) is 28.4 Å². The maximum absolute atomic E-state index is 13.1. The summed E-state index contributed by atoms with van der Waals surface area (Å²) in [5.74, 6) is 0.537. The first-order chi connectivity index (χ1) is 16.4. The van der Waals surface area contributed by atoms with Gasteiger partial charge in [0.1, 0.15) is 22.7 Å². The standard InChI is InChI=1S/C23H23N5O5S/c1-27-22-19(20(26-27)15-6-4-3-5-7-15)23(29)25-21(24-22)17-9-8-16(14-18(17)32-2)34(30,31)28-10-12-33-13-11-28/h3-9,14H,10-13H2,1-2H3,(H,24,25,29). The lowest BCUT2D eigenvalue weighted by atomic mass is 10.1. The molecular formula is C23H23N5O5S. The summed E-state index contributed by atoms with van der Waals surface area (Å²) < 4.78 is 39.8. The topological polar surface area (TPSA) is 119 Å². The van der Waals surface area contributed by atoms with Gasteiger partial charge in [-0.05, 0) is 12.1 Å². The van der Waals surface area contributed by atoms with Crippen LogP contribution in [0, 0.1) is 0 Å². The fraction of sp³-hybridized carbons (Fsp3) is 0.261. The number of nitrogens with zero attached hydrogens (tertiary/aromatic N) is 4. The van der Waals surface area contributed by atoms with E-state index in [2.05, 4.69) is 15.1 Å². The summed E-state index contributed by atoms with van der Waals surface area (Å²) in [7, 11) is -0.538. The van der Waals surface area contributed by atoms with E-state index in [0.29, 0.717) is 48.6 Å². The van der Waals surface area contributed by atoms with Crippen LogP contribution in [0.1, 0.15) is 0 Å². The smallest absolute Gasteiger partial charge is 0.262 e. The molecule has 0 saturated carbocycles. The van der Waals surface area contributed by atoms with Crippen LogP contribution in [0.15, 0.2) is 58.2 Å². The molecular weight excluding hydrogens is 458 g/mol. The molecule has 0 amide bonds. The van der Waals surface area contributed by atoms with E-state index in [4.69, 9.17) is 9.47 Å². The molecule has 0 bridgehead atoms. The molecule has 34 heavy (non-hydrogen) atoms. The van der Waals surface area contributed by atoms with Crippen LogP contribution < -0.4 is 10.3 Å². The number of aromatic amines is 1. The first-order valence-electron chi connectivity index (χ1n) is 10.7. The fourth-order valence-electron chi connectivity index (χ4n) is 4.05. The van der Waals surface area contributed by atoms with E-state index in [9.17, 15) is 13.2 Å². The minimum Gasteiger partial charge on any atom is -0.496 e. The Morgan fingerprint density at radius 1 is 1.09 bits per heavy atom. The van der Waals surface area contributed by atoms with Gasteiger partial charge in [0.2, 0.25) is 10.0 Å². The average molecular weight is 482 g/mol.